The normalized spacial score (nSPS) is 18.9. The highest BCUT2D eigenvalue weighted by Gasteiger charge is 2.25. The fraction of sp³-hybridized carbons (Fsp3) is 0.458. The van der Waals surface area contributed by atoms with Crippen LogP contribution in [0.2, 0.25) is 0 Å². The lowest BCUT2D eigenvalue weighted by Crippen LogP contribution is -3.14. The first-order valence-corrected chi connectivity index (χ1v) is 10.4. The minimum absolute atomic E-state index is 0.173. The van der Waals surface area contributed by atoms with Crippen molar-refractivity contribution >= 4 is 5.91 Å². The number of ether oxygens (including phenoxy) is 2. The first-order valence-electron chi connectivity index (χ1n) is 10.4. The number of hydrogen-bond acceptors (Lipinski definition) is 3. The highest BCUT2D eigenvalue weighted by molar-refractivity contribution is 5.77. The summed E-state index contributed by atoms with van der Waals surface area (Å²) in [6.45, 7) is 3.21. The molecule has 1 aliphatic rings. The van der Waals surface area contributed by atoms with Crippen LogP contribution in [0.5, 0.6) is 11.5 Å². The van der Waals surface area contributed by atoms with Crippen LogP contribution in [0.4, 0.5) is 0 Å². The van der Waals surface area contributed by atoms with Gasteiger partial charge >= 0.3 is 0 Å². The number of likely N-dealkylation sites (tertiary alicyclic amines) is 1. The summed E-state index contributed by atoms with van der Waals surface area (Å²) in [5, 5.41) is 0. The first-order chi connectivity index (χ1) is 14.1. The van der Waals surface area contributed by atoms with Gasteiger partial charge in [-0.15, -0.1) is 0 Å². The number of para-hydroxylation sites is 1. The summed E-state index contributed by atoms with van der Waals surface area (Å²) in [5.41, 5.74) is 2.38. The van der Waals surface area contributed by atoms with Crippen LogP contribution in [0.1, 0.15) is 24.0 Å². The van der Waals surface area contributed by atoms with Gasteiger partial charge in [-0.2, -0.15) is 0 Å². The lowest BCUT2D eigenvalue weighted by atomic mass is 9.90. The standard InChI is InChI=1S/C24H32N2O3/c1-25(17-21-10-7-11-22(28-2)24(21)29-3)23(27)18-26-14-12-20(13-15-26)16-19-8-5-4-6-9-19/h4-11,20H,12-18H2,1-3H3/p+1. The first kappa shape index (κ1) is 21.2. The molecule has 1 aliphatic heterocycles. The fourth-order valence-electron chi connectivity index (χ4n) is 4.18. The molecule has 0 aromatic heterocycles. The van der Waals surface area contributed by atoms with Crippen LogP contribution in [-0.2, 0) is 17.8 Å². The Morgan fingerprint density at radius 2 is 1.76 bits per heavy atom. The molecule has 2 aromatic rings. The second kappa shape index (κ2) is 10.3. The minimum Gasteiger partial charge on any atom is -0.493 e. The molecular weight excluding hydrogens is 364 g/mol. The van der Waals surface area contributed by atoms with Crippen LogP contribution >= 0.6 is 0 Å². The Bertz CT molecular complexity index is 786. The van der Waals surface area contributed by atoms with E-state index >= 15 is 0 Å². The molecular formula is C24H33N2O3+. The summed E-state index contributed by atoms with van der Waals surface area (Å²) in [5.74, 6) is 2.29. The van der Waals surface area contributed by atoms with E-state index in [-0.39, 0.29) is 5.91 Å². The van der Waals surface area contributed by atoms with Gasteiger partial charge in [0.15, 0.2) is 18.0 Å². The van der Waals surface area contributed by atoms with Gasteiger partial charge in [-0.25, -0.2) is 0 Å². The number of nitrogens with zero attached hydrogens (tertiary/aromatic N) is 1. The summed E-state index contributed by atoms with van der Waals surface area (Å²) < 4.78 is 10.9. The number of quaternary nitrogens is 1. The summed E-state index contributed by atoms with van der Waals surface area (Å²) in [6, 6.07) is 16.5. The highest BCUT2D eigenvalue weighted by Crippen LogP contribution is 2.31. The van der Waals surface area contributed by atoms with Crippen molar-refractivity contribution in [3.8, 4) is 11.5 Å². The molecule has 1 heterocycles. The molecule has 156 valence electrons. The smallest absolute Gasteiger partial charge is 0.277 e. The van der Waals surface area contributed by atoms with Crippen LogP contribution in [-0.4, -0.2) is 51.7 Å². The Balaban J connectivity index is 1.48. The lowest BCUT2D eigenvalue weighted by molar-refractivity contribution is -0.898. The molecule has 5 nitrogen and oxygen atoms in total. The molecule has 29 heavy (non-hydrogen) atoms. The maximum absolute atomic E-state index is 12.8. The number of rotatable bonds is 8. The van der Waals surface area contributed by atoms with Crippen molar-refractivity contribution in [1.29, 1.82) is 0 Å². The van der Waals surface area contributed by atoms with E-state index in [0.29, 0.717) is 24.6 Å². The van der Waals surface area contributed by atoms with Gasteiger partial charge in [-0.05, 0) is 36.8 Å². The number of hydrogen-bond donors (Lipinski definition) is 1. The monoisotopic (exact) mass is 397 g/mol. The Hall–Kier alpha value is -2.53. The summed E-state index contributed by atoms with van der Waals surface area (Å²) in [6.07, 6.45) is 3.52. The van der Waals surface area contributed by atoms with Gasteiger partial charge in [0.2, 0.25) is 0 Å². The van der Waals surface area contributed by atoms with Gasteiger partial charge in [0.1, 0.15) is 0 Å². The number of piperidine rings is 1. The third-order valence-electron chi connectivity index (χ3n) is 5.90. The van der Waals surface area contributed by atoms with Crippen molar-refractivity contribution < 1.29 is 19.2 Å². The van der Waals surface area contributed by atoms with Gasteiger partial charge in [0.25, 0.3) is 5.91 Å². The van der Waals surface area contributed by atoms with Crippen LogP contribution in [0.3, 0.4) is 0 Å². The van der Waals surface area contributed by atoms with E-state index in [1.54, 1.807) is 19.1 Å². The highest BCUT2D eigenvalue weighted by atomic mass is 16.5. The van der Waals surface area contributed by atoms with Crippen molar-refractivity contribution in [3.05, 3.63) is 59.7 Å². The Morgan fingerprint density at radius 3 is 2.41 bits per heavy atom. The van der Waals surface area contributed by atoms with Crippen molar-refractivity contribution in [3.63, 3.8) is 0 Å². The van der Waals surface area contributed by atoms with Crippen LogP contribution in [0.25, 0.3) is 0 Å². The van der Waals surface area contributed by atoms with E-state index in [0.717, 1.165) is 31.0 Å². The number of benzene rings is 2. The molecule has 2 aromatic carbocycles. The van der Waals surface area contributed by atoms with Gasteiger partial charge in [-0.1, -0.05) is 42.5 Å². The molecule has 1 saturated heterocycles. The molecule has 0 bridgehead atoms. The molecule has 0 radical (unpaired) electrons. The number of carbonyl (C=O) groups is 1. The summed E-state index contributed by atoms with van der Waals surface area (Å²) in [7, 11) is 5.12. The predicted octanol–water partition coefficient (Wildman–Crippen LogP) is 2.20. The molecule has 0 aliphatic carbocycles. The summed E-state index contributed by atoms with van der Waals surface area (Å²) in [4.78, 5) is 16.0. The van der Waals surface area contributed by atoms with Gasteiger partial charge < -0.3 is 19.3 Å². The zero-order valence-corrected chi connectivity index (χ0v) is 17.8. The minimum atomic E-state index is 0.173. The fourth-order valence-corrected chi connectivity index (χ4v) is 4.18. The third kappa shape index (κ3) is 5.73. The molecule has 0 unspecified atom stereocenters. The molecule has 0 atom stereocenters. The number of carbonyl (C=O) groups excluding carboxylic acids is 1. The van der Waals surface area contributed by atoms with E-state index in [2.05, 4.69) is 30.3 Å². The van der Waals surface area contributed by atoms with Crippen molar-refractivity contribution in [2.24, 2.45) is 5.92 Å². The molecule has 0 saturated carbocycles. The van der Waals surface area contributed by atoms with E-state index in [1.165, 1.54) is 23.3 Å². The van der Waals surface area contributed by atoms with Gasteiger partial charge in [-0.3, -0.25) is 4.79 Å². The largest absolute Gasteiger partial charge is 0.493 e. The number of likely N-dealkylation sites (N-methyl/N-ethyl adjacent to an activating group) is 1. The SMILES string of the molecule is COc1cccc(CN(C)C(=O)C[NH+]2CCC(Cc3ccccc3)CC2)c1OC. The average molecular weight is 398 g/mol. The van der Waals surface area contributed by atoms with Crippen LogP contribution in [0, 0.1) is 5.92 Å². The Labute approximate surface area is 174 Å². The van der Waals surface area contributed by atoms with Crippen LogP contribution in [0.15, 0.2) is 48.5 Å². The Kier molecular flexibility index (Phi) is 7.53. The molecule has 5 heteroatoms. The van der Waals surface area contributed by atoms with Crippen molar-refractivity contribution in [2.45, 2.75) is 25.8 Å². The van der Waals surface area contributed by atoms with E-state index in [4.69, 9.17) is 9.47 Å². The zero-order chi connectivity index (χ0) is 20.6. The predicted molar refractivity (Wildman–Crippen MR) is 114 cm³/mol. The zero-order valence-electron chi connectivity index (χ0n) is 17.8. The molecule has 0 spiro atoms. The van der Waals surface area contributed by atoms with Crippen molar-refractivity contribution in [1.82, 2.24) is 4.90 Å². The van der Waals surface area contributed by atoms with Crippen LogP contribution < -0.4 is 14.4 Å². The second-order valence-electron chi connectivity index (χ2n) is 7.96. The number of nitrogens with one attached hydrogen (secondary N) is 1. The molecule has 3 rings (SSSR count). The van der Waals surface area contributed by atoms with Crippen molar-refractivity contribution in [2.75, 3.05) is 40.9 Å². The van der Waals surface area contributed by atoms with E-state index in [1.807, 2.05) is 25.2 Å². The summed E-state index contributed by atoms with van der Waals surface area (Å²) >= 11 is 0. The third-order valence-corrected chi connectivity index (χ3v) is 5.90. The molecule has 1 fully saturated rings. The maximum atomic E-state index is 12.8. The maximum Gasteiger partial charge on any atom is 0.277 e. The molecule has 1 amide bonds. The van der Waals surface area contributed by atoms with E-state index in [9.17, 15) is 4.79 Å². The number of amides is 1. The number of methoxy groups -OCH3 is 2. The quantitative estimate of drug-likeness (QED) is 0.743. The topological polar surface area (TPSA) is 43.2 Å². The second-order valence-corrected chi connectivity index (χ2v) is 7.96. The van der Waals surface area contributed by atoms with Gasteiger partial charge in [0, 0.05) is 19.2 Å². The van der Waals surface area contributed by atoms with E-state index < -0.39 is 0 Å². The Morgan fingerprint density at radius 1 is 1.03 bits per heavy atom. The van der Waals surface area contributed by atoms with Gasteiger partial charge in [0.05, 0.1) is 27.3 Å². The lowest BCUT2D eigenvalue weighted by Gasteiger charge is -2.30. The average Bonchev–Trinajstić information content (AvgIpc) is 2.75. The molecule has 1 N–H and O–H groups in total.